The monoisotopic (exact) mass is 440 g/mol. The Morgan fingerprint density at radius 3 is 2.03 bits per heavy atom. The number of hydrogen-bond donors (Lipinski definition) is 0. The van der Waals surface area contributed by atoms with E-state index in [-0.39, 0.29) is 11.6 Å². The van der Waals surface area contributed by atoms with Crippen LogP contribution in [0.25, 0.3) is 32.0 Å². The molecule has 2 nitrogen and oxygen atoms in total. The number of rotatable bonds is 4. The van der Waals surface area contributed by atoms with Crippen molar-refractivity contribution in [1.82, 2.24) is 0 Å². The molecule has 0 atom stereocenters. The van der Waals surface area contributed by atoms with Gasteiger partial charge in [-0.05, 0) is 59.2 Å². The van der Waals surface area contributed by atoms with Crippen LogP contribution < -0.4 is 0 Å². The minimum Gasteiger partial charge on any atom is -0.465 e. The molecule has 1 aromatic heterocycles. The number of carbonyl (C=O) groups excluding carboxylic acids is 1. The molecular formula is C24H15ClF2O2S. The fourth-order valence-corrected chi connectivity index (χ4v) is 4.55. The van der Waals surface area contributed by atoms with E-state index in [1.807, 2.05) is 6.07 Å². The van der Waals surface area contributed by atoms with Crippen LogP contribution in [0.5, 0.6) is 0 Å². The van der Waals surface area contributed by atoms with E-state index in [0.717, 1.165) is 26.4 Å². The van der Waals surface area contributed by atoms with Gasteiger partial charge in [0.25, 0.3) is 0 Å². The molecule has 4 rings (SSSR count). The van der Waals surface area contributed by atoms with Crippen molar-refractivity contribution in [2.24, 2.45) is 0 Å². The van der Waals surface area contributed by atoms with E-state index in [9.17, 15) is 13.6 Å². The van der Waals surface area contributed by atoms with Gasteiger partial charge in [0.15, 0.2) is 0 Å². The molecule has 6 heteroatoms. The number of carbonyl (C=O) groups is 1. The van der Waals surface area contributed by atoms with Crippen molar-refractivity contribution in [3.8, 4) is 32.0 Å². The molecule has 0 aliphatic rings. The molecule has 4 aromatic rings. The van der Waals surface area contributed by atoms with E-state index in [1.165, 1.54) is 42.7 Å². The maximum Gasteiger partial charge on any atom is 0.338 e. The number of benzene rings is 3. The fourth-order valence-electron chi connectivity index (χ4n) is 3.19. The van der Waals surface area contributed by atoms with Gasteiger partial charge in [-0.2, -0.15) is 0 Å². The van der Waals surface area contributed by atoms with E-state index < -0.39 is 5.97 Å². The number of methoxy groups -OCH3 is 1. The summed E-state index contributed by atoms with van der Waals surface area (Å²) in [4.78, 5) is 14.1. The van der Waals surface area contributed by atoms with Crippen LogP contribution in [0.2, 0.25) is 5.02 Å². The van der Waals surface area contributed by atoms with Gasteiger partial charge >= 0.3 is 5.97 Å². The van der Waals surface area contributed by atoms with Gasteiger partial charge in [0.1, 0.15) is 11.6 Å². The summed E-state index contributed by atoms with van der Waals surface area (Å²) in [5.74, 6) is -1.16. The Hall–Kier alpha value is -3.02. The van der Waals surface area contributed by atoms with Crippen LogP contribution in [-0.2, 0) is 4.74 Å². The van der Waals surface area contributed by atoms with Gasteiger partial charge in [0.2, 0.25) is 0 Å². The molecular weight excluding hydrogens is 426 g/mol. The molecule has 0 radical (unpaired) electrons. The van der Waals surface area contributed by atoms with E-state index >= 15 is 0 Å². The Morgan fingerprint density at radius 2 is 1.43 bits per heavy atom. The van der Waals surface area contributed by atoms with Crippen molar-refractivity contribution in [3.63, 3.8) is 0 Å². The van der Waals surface area contributed by atoms with Crippen LogP contribution in [0.4, 0.5) is 8.78 Å². The maximum atomic E-state index is 13.5. The van der Waals surface area contributed by atoms with Crippen LogP contribution in [0.1, 0.15) is 10.4 Å². The summed E-state index contributed by atoms with van der Waals surface area (Å²) in [5.41, 5.74) is 3.40. The molecule has 0 aliphatic heterocycles. The average molecular weight is 441 g/mol. The smallest absolute Gasteiger partial charge is 0.338 e. The Bertz CT molecular complexity index is 1220. The van der Waals surface area contributed by atoms with E-state index in [4.69, 9.17) is 16.3 Å². The SMILES string of the molecule is COC(=O)c1cc(Cl)ccc1-c1cc(-c2ccc(F)cc2)sc1-c1ccc(F)cc1. The van der Waals surface area contributed by atoms with Crippen molar-refractivity contribution in [2.75, 3.05) is 7.11 Å². The molecule has 0 bridgehead atoms. The minimum absolute atomic E-state index is 0.319. The summed E-state index contributed by atoms with van der Waals surface area (Å²) in [7, 11) is 1.31. The van der Waals surface area contributed by atoms with Crippen molar-refractivity contribution >= 4 is 28.9 Å². The highest BCUT2D eigenvalue weighted by molar-refractivity contribution is 7.19. The predicted molar refractivity (Wildman–Crippen MR) is 117 cm³/mol. The van der Waals surface area contributed by atoms with Crippen LogP contribution in [-0.4, -0.2) is 13.1 Å². The zero-order valence-corrected chi connectivity index (χ0v) is 17.4. The van der Waals surface area contributed by atoms with Crippen LogP contribution in [0.15, 0.2) is 72.8 Å². The summed E-state index contributed by atoms with van der Waals surface area (Å²) < 4.78 is 31.8. The van der Waals surface area contributed by atoms with E-state index in [0.29, 0.717) is 16.1 Å². The normalized spacial score (nSPS) is 10.8. The lowest BCUT2D eigenvalue weighted by Gasteiger charge is -2.10. The number of ether oxygens (including phenoxy) is 1. The lowest BCUT2D eigenvalue weighted by atomic mass is 9.97. The predicted octanol–water partition coefficient (Wildman–Crippen LogP) is 7.47. The summed E-state index contributed by atoms with van der Waals surface area (Å²) in [6, 6.07) is 19.3. The van der Waals surface area contributed by atoms with Crippen molar-refractivity contribution in [2.45, 2.75) is 0 Å². The highest BCUT2D eigenvalue weighted by atomic mass is 35.5. The highest BCUT2D eigenvalue weighted by Gasteiger charge is 2.20. The molecule has 0 unspecified atom stereocenters. The summed E-state index contributed by atoms with van der Waals surface area (Å²) in [6.45, 7) is 0. The topological polar surface area (TPSA) is 26.3 Å². The minimum atomic E-state index is -0.507. The van der Waals surface area contributed by atoms with E-state index in [1.54, 1.807) is 42.5 Å². The van der Waals surface area contributed by atoms with Crippen molar-refractivity contribution in [3.05, 3.63) is 95.0 Å². The summed E-state index contributed by atoms with van der Waals surface area (Å²) in [5, 5.41) is 0.413. The maximum absolute atomic E-state index is 13.5. The Morgan fingerprint density at radius 1 is 0.833 bits per heavy atom. The Labute approximate surface area is 181 Å². The third-order valence-electron chi connectivity index (χ3n) is 4.64. The van der Waals surface area contributed by atoms with Gasteiger partial charge in [-0.1, -0.05) is 41.9 Å². The van der Waals surface area contributed by atoms with Gasteiger partial charge in [0, 0.05) is 20.3 Å². The zero-order chi connectivity index (χ0) is 21.3. The van der Waals surface area contributed by atoms with Gasteiger partial charge in [-0.3, -0.25) is 0 Å². The third-order valence-corrected chi connectivity index (χ3v) is 6.11. The second-order valence-corrected chi connectivity index (χ2v) is 8.04. The van der Waals surface area contributed by atoms with Crippen LogP contribution >= 0.6 is 22.9 Å². The van der Waals surface area contributed by atoms with Gasteiger partial charge in [-0.15, -0.1) is 11.3 Å². The molecule has 0 spiro atoms. The van der Waals surface area contributed by atoms with Crippen LogP contribution in [0, 0.1) is 11.6 Å². The molecule has 0 N–H and O–H groups in total. The first-order chi connectivity index (χ1) is 14.5. The second kappa shape index (κ2) is 8.38. The van der Waals surface area contributed by atoms with Gasteiger partial charge in [0.05, 0.1) is 12.7 Å². The van der Waals surface area contributed by atoms with Crippen molar-refractivity contribution in [1.29, 1.82) is 0 Å². The molecule has 3 aromatic carbocycles. The first-order valence-corrected chi connectivity index (χ1v) is 10.2. The van der Waals surface area contributed by atoms with Crippen LogP contribution in [0.3, 0.4) is 0 Å². The molecule has 0 fully saturated rings. The Balaban J connectivity index is 1.95. The van der Waals surface area contributed by atoms with Gasteiger partial charge < -0.3 is 4.74 Å². The number of esters is 1. The molecule has 0 saturated heterocycles. The molecule has 0 amide bonds. The zero-order valence-electron chi connectivity index (χ0n) is 15.8. The van der Waals surface area contributed by atoms with Gasteiger partial charge in [-0.25, -0.2) is 13.6 Å². The first-order valence-electron chi connectivity index (χ1n) is 9.00. The molecule has 1 heterocycles. The fraction of sp³-hybridized carbons (Fsp3) is 0.0417. The lowest BCUT2D eigenvalue weighted by Crippen LogP contribution is -2.03. The average Bonchev–Trinajstić information content (AvgIpc) is 3.19. The number of thiophene rings is 1. The highest BCUT2D eigenvalue weighted by Crippen LogP contribution is 2.44. The number of halogens is 3. The molecule has 150 valence electrons. The number of hydrogen-bond acceptors (Lipinski definition) is 3. The van der Waals surface area contributed by atoms with Crippen molar-refractivity contribution < 1.29 is 18.3 Å². The quantitative estimate of drug-likeness (QED) is 0.308. The molecule has 30 heavy (non-hydrogen) atoms. The Kier molecular flexibility index (Phi) is 5.66. The largest absolute Gasteiger partial charge is 0.465 e. The molecule has 0 aliphatic carbocycles. The summed E-state index contributed by atoms with van der Waals surface area (Å²) in [6.07, 6.45) is 0. The lowest BCUT2D eigenvalue weighted by molar-refractivity contribution is 0.0601. The third kappa shape index (κ3) is 3.99. The molecule has 0 saturated carbocycles. The standard InChI is InChI=1S/C24H15ClF2O2S/c1-29-24(28)21-12-16(25)6-11-19(21)20-13-22(14-2-7-17(26)8-3-14)30-23(20)15-4-9-18(27)10-5-15/h2-13H,1H3. The first kappa shape index (κ1) is 20.3. The summed E-state index contributed by atoms with van der Waals surface area (Å²) >= 11 is 7.59. The van der Waals surface area contributed by atoms with E-state index in [2.05, 4.69) is 0 Å². The second-order valence-electron chi connectivity index (χ2n) is 6.55.